The van der Waals surface area contributed by atoms with Gasteiger partial charge in [0.15, 0.2) is 0 Å². The van der Waals surface area contributed by atoms with Gasteiger partial charge >= 0.3 is 0 Å². The van der Waals surface area contributed by atoms with Gasteiger partial charge in [0.05, 0.1) is 0 Å². The lowest BCUT2D eigenvalue weighted by Crippen LogP contribution is -2.52. The van der Waals surface area contributed by atoms with Gasteiger partial charge in [-0.3, -0.25) is 9.69 Å². The van der Waals surface area contributed by atoms with Crippen LogP contribution in [0.1, 0.15) is 29.3 Å². The molecule has 1 atom stereocenters. The zero-order valence-corrected chi connectivity index (χ0v) is 13.4. The third-order valence-electron chi connectivity index (χ3n) is 3.94. The molecule has 19 heavy (non-hydrogen) atoms. The number of likely N-dealkylation sites (N-methyl/N-ethyl adjacent to an activating group) is 1. The molecule has 4 heteroatoms. The van der Waals surface area contributed by atoms with E-state index in [1.807, 2.05) is 30.0 Å². The van der Waals surface area contributed by atoms with Gasteiger partial charge in [0.25, 0.3) is 5.91 Å². The van der Waals surface area contributed by atoms with Gasteiger partial charge in [0.2, 0.25) is 0 Å². The Morgan fingerprint density at radius 1 is 1.42 bits per heavy atom. The smallest absolute Gasteiger partial charge is 0.253 e. The number of piperazine rings is 1. The Kier molecular flexibility index (Phi) is 4.63. The van der Waals surface area contributed by atoms with Crippen molar-refractivity contribution in [1.82, 2.24) is 9.80 Å². The summed E-state index contributed by atoms with van der Waals surface area (Å²) in [5.41, 5.74) is 1.90. The molecule has 3 nitrogen and oxygen atoms in total. The molecule has 1 amide bonds. The second-order valence-electron chi connectivity index (χ2n) is 5.26. The van der Waals surface area contributed by atoms with Crippen LogP contribution in [0.2, 0.25) is 0 Å². The van der Waals surface area contributed by atoms with E-state index < -0.39 is 0 Å². The third kappa shape index (κ3) is 3.18. The van der Waals surface area contributed by atoms with Crippen molar-refractivity contribution in [2.75, 3.05) is 26.7 Å². The second-order valence-corrected chi connectivity index (χ2v) is 6.11. The van der Waals surface area contributed by atoms with E-state index in [0.717, 1.165) is 41.7 Å². The van der Waals surface area contributed by atoms with Gasteiger partial charge in [-0.1, -0.05) is 22.9 Å². The van der Waals surface area contributed by atoms with Crippen LogP contribution in [0.3, 0.4) is 0 Å². The van der Waals surface area contributed by atoms with E-state index >= 15 is 0 Å². The monoisotopic (exact) mass is 324 g/mol. The summed E-state index contributed by atoms with van der Waals surface area (Å²) in [6, 6.07) is 6.30. The average Bonchev–Trinajstić information content (AvgIpc) is 2.41. The minimum atomic E-state index is 0.155. The first kappa shape index (κ1) is 14.5. The van der Waals surface area contributed by atoms with Crippen LogP contribution in [0.5, 0.6) is 0 Å². The van der Waals surface area contributed by atoms with Crippen LogP contribution < -0.4 is 0 Å². The number of amides is 1. The Morgan fingerprint density at radius 3 is 2.79 bits per heavy atom. The van der Waals surface area contributed by atoms with Crippen LogP contribution in [0.4, 0.5) is 0 Å². The molecule has 0 spiro atoms. The van der Waals surface area contributed by atoms with E-state index in [-0.39, 0.29) is 5.91 Å². The lowest BCUT2D eigenvalue weighted by molar-refractivity contribution is 0.0542. The predicted octanol–water partition coefficient (Wildman–Crippen LogP) is 2.92. The maximum absolute atomic E-state index is 12.5. The molecule has 0 N–H and O–H groups in total. The zero-order valence-electron chi connectivity index (χ0n) is 11.8. The molecule has 1 fully saturated rings. The molecule has 0 saturated carbocycles. The van der Waals surface area contributed by atoms with E-state index in [2.05, 4.69) is 34.8 Å². The topological polar surface area (TPSA) is 23.6 Å². The molecule has 0 bridgehead atoms. The number of nitrogens with zero attached hydrogens (tertiary/aromatic N) is 2. The Morgan fingerprint density at radius 2 is 2.16 bits per heavy atom. The van der Waals surface area contributed by atoms with Crippen LogP contribution in [0.25, 0.3) is 0 Å². The van der Waals surface area contributed by atoms with Crippen LogP contribution in [0, 0.1) is 6.92 Å². The quantitative estimate of drug-likeness (QED) is 0.835. The van der Waals surface area contributed by atoms with Crippen molar-refractivity contribution in [3.63, 3.8) is 0 Å². The Hall–Kier alpha value is -0.870. The van der Waals surface area contributed by atoms with Crippen LogP contribution in [0.15, 0.2) is 22.7 Å². The molecular weight excluding hydrogens is 304 g/mol. The maximum Gasteiger partial charge on any atom is 0.253 e. The predicted molar refractivity (Wildman–Crippen MR) is 81.5 cm³/mol. The largest absolute Gasteiger partial charge is 0.336 e. The SMILES string of the molecule is CCC1CN(C(=O)c2ccc(Br)c(C)c2)CCN1C. The minimum Gasteiger partial charge on any atom is -0.336 e. The van der Waals surface area contributed by atoms with E-state index in [1.165, 1.54) is 0 Å². The zero-order chi connectivity index (χ0) is 14.0. The highest BCUT2D eigenvalue weighted by molar-refractivity contribution is 9.10. The Balaban J connectivity index is 2.13. The summed E-state index contributed by atoms with van der Waals surface area (Å²) in [5.74, 6) is 0.155. The number of hydrogen-bond donors (Lipinski definition) is 0. The van der Waals surface area contributed by atoms with Gasteiger partial charge < -0.3 is 4.90 Å². The molecule has 1 aromatic rings. The summed E-state index contributed by atoms with van der Waals surface area (Å²) in [7, 11) is 2.14. The molecular formula is C15H21BrN2O. The van der Waals surface area contributed by atoms with Gasteiger partial charge in [0.1, 0.15) is 0 Å². The highest BCUT2D eigenvalue weighted by Gasteiger charge is 2.26. The van der Waals surface area contributed by atoms with Crippen molar-refractivity contribution in [3.8, 4) is 0 Å². The fraction of sp³-hybridized carbons (Fsp3) is 0.533. The van der Waals surface area contributed by atoms with Crippen LogP contribution in [-0.4, -0.2) is 48.4 Å². The number of aryl methyl sites for hydroxylation is 1. The summed E-state index contributed by atoms with van der Waals surface area (Å²) in [6.07, 6.45) is 1.08. The number of carbonyl (C=O) groups is 1. The minimum absolute atomic E-state index is 0.155. The molecule has 1 aromatic carbocycles. The number of halogens is 1. The van der Waals surface area contributed by atoms with Crippen molar-refractivity contribution in [2.45, 2.75) is 26.3 Å². The first-order valence-corrected chi connectivity index (χ1v) is 7.58. The normalized spacial score (nSPS) is 20.6. The standard InChI is InChI=1S/C15H21BrN2O/c1-4-13-10-18(8-7-17(13)3)15(19)12-5-6-14(16)11(2)9-12/h5-6,9,13H,4,7-8,10H2,1-3H3. The molecule has 1 saturated heterocycles. The highest BCUT2D eigenvalue weighted by atomic mass is 79.9. The molecule has 0 radical (unpaired) electrons. The van der Waals surface area contributed by atoms with Crippen molar-refractivity contribution in [1.29, 1.82) is 0 Å². The van der Waals surface area contributed by atoms with Crippen molar-refractivity contribution in [3.05, 3.63) is 33.8 Å². The van der Waals surface area contributed by atoms with E-state index in [9.17, 15) is 4.79 Å². The number of rotatable bonds is 2. The fourth-order valence-corrected chi connectivity index (χ4v) is 2.78. The summed E-state index contributed by atoms with van der Waals surface area (Å²) >= 11 is 3.47. The molecule has 2 rings (SSSR count). The van der Waals surface area contributed by atoms with E-state index in [1.54, 1.807) is 0 Å². The average molecular weight is 325 g/mol. The first-order valence-electron chi connectivity index (χ1n) is 6.78. The lowest BCUT2D eigenvalue weighted by Gasteiger charge is -2.39. The molecule has 1 aliphatic rings. The van der Waals surface area contributed by atoms with Crippen molar-refractivity contribution >= 4 is 21.8 Å². The summed E-state index contributed by atoms with van der Waals surface area (Å²) in [4.78, 5) is 16.9. The number of hydrogen-bond acceptors (Lipinski definition) is 2. The molecule has 1 unspecified atom stereocenters. The first-order chi connectivity index (χ1) is 9.02. The second kappa shape index (κ2) is 6.06. The van der Waals surface area contributed by atoms with E-state index in [0.29, 0.717) is 6.04 Å². The highest BCUT2D eigenvalue weighted by Crippen LogP contribution is 2.19. The Labute approximate surface area is 123 Å². The van der Waals surface area contributed by atoms with Gasteiger partial charge in [0, 0.05) is 35.7 Å². The molecule has 1 heterocycles. The van der Waals surface area contributed by atoms with Crippen molar-refractivity contribution in [2.24, 2.45) is 0 Å². The third-order valence-corrected chi connectivity index (χ3v) is 4.83. The molecule has 104 valence electrons. The maximum atomic E-state index is 12.5. The van der Waals surface area contributed by atoms with Gasteiger partial charge in [-0.15, -0.1) is 0 Å². The van der Waals surface area contributed by atoms with Crippen LogP contribution in [-0.2, 0) is 0 Å². The number of benzene rings is 1. The molecule has 0 aliphatic carbocycles. The number of carbonyl (C=O) groups excluding carboxylic acids is 1. The van der Waals surface area contributed by atoms with E-state index in [4.69, 9.17) is 0 Å². The molecule has 0 aromatic heterocycles. The van der Waals surface area contributed by atoms with Gasteiger partial charge in [-0.25, -0.2) is 0 Å². The lowest BCUT2D eigenvalue weighted by atomic mass is 10.1. The van der Waals surface area contributed by atoms with Crippen molar-refractivity contribution < 1.29 is 4.79 Å². The summed E-state index contributed by atoms with van der Waals surface area (Å²) in [5, 5.41) is 0. The van der Waals surface area contributed by atoms with Gasteiger partial charge in [-0.05, 0) is 44.2 Å². The summed E-state index contributed by atoms with van der Waals surface area (Å²) < 4.78 is 1.05. The fourth-order valence-electron chi connectivity index (χ4n) is 2.53. The Bertz CT molecular complexity index is 475. The van der Waals surface area contributed by atoms with Crippen LogP contribution >= 0.6 is 15.9 Å². The molecule has 1 aliphatic heterocycles. The summed E-state index contributed by atoms with van der Waals surface area (Å²) in [6.45, 7) is 6.81. The van der Waals surface area contributed by atoms with Gasteiger partial charge in [-0.2, -0.15) is 0 Å².